The molecule has 0 aliphatic carbocycles. The highest BCUT2D eigenvalue weighted by Gasteiger charge is 2.16. The molecule has 0 fully saturated rings. The smallest absolute Gasteiger partial charge is 0.0741 e. The molecule has 0 aromatic heterocycles. The summed E-state index contributed by atoms with van der Waals surface area (Å²) in [4.78, 5) is 1.38. The molecule has 0 spiro atoms. The Bertz CT molecular complexity index is 283. The van der Waals surface area contributed by atoms with Crippen LogP contribution in [0.2, 0.25) is 0 Å². The van der Waals surface area contributed by atoms with Crippen LogP contribution in [0.1, 0.15) is 12.5 Å². The fourth-order valence-electron chi connectivity index (χ4n) is 1.30. The Morgan fingerprint density at radius 1 is 1.45 bits per heavy atom. The third-order valence-electron chi connectivity index (χ3n) is 1.80. The van der Waals surface area contributed by atoms with Crippen LogP contribution in [0.5, 0.6) is 0 Å². The molecular formula is C9H11NS. The van der Waals surface area contributed by atoms with E-state index in [1.807, 2.05) is 11.8 Å². The van der Waals surface area contributed by atoms with Crippen molar-refractivity contribution in [3.8, 4) is 0 Å². The molecule has 0 saturated heterocycles. The number of rotatable bonds is 0. The summed E-state index contributed by atoms with van der Waals surface area (Å²) in [5.74, 6) is 0. The number of thioether (sulfide) groups is 1. The van der Waals surface area contributed by atoms with Gasteiger partial charge < -0.3 is 5.32 Å². The molecule has 58 valence electrons. The zero-order chi connectivity index (χ0) is 7.84. The van der Waals surface area contributed by atoms with E-state index in [0.29, 0.717) is 5.37 Å². The molecule has 1 aromatic rings. The van der Waals surface area contributed by atoms with Gasteiger partial charge in [-0.15, -0.1) is 0 Å². The third kappa shape index (κ3) is 1.23. The SMILES string of the molecule is Cc1ccc2c(c1)NC(C)S2. The maximum atomic E-state index is 3.40. The Hall–Kier alpha value is -0.630. The summed E-state index contributed by atoms with van der Waals surface area (Å²) in [6.45, 7) is 4.30. The summed E-state index contributed by atoms with van der Waals surface area (Å²) in [6, 6.07) is 6.54. The molecule has 1 aromatic carbocycles. The van der Waals surface area contributed by atoms with Crippen molar-refractivity contribution >= 4 is 17.4 Å². The van der Waals surface area contributed by atoms with Crippen LogP contribution in [-0.4, -0.2) is 5.37 Å². The second-order valence-corrected chi connectivity index (χ2v) is 4.29. The number of nitrogens with one attached hydrogen (secondary N) is 1. The van der Waals surface area contributed by atoms with Crippen LogP contribution in [0.3, 0.4) is 0 Å². The monoisotopic (exact) mass is 165 g/mol. The lowest BCUT2D eigenvalue weighted by molar-refractivity contribution is 1.15. The molecule has 2 rings (SSSR count). The van der Waals surface area contributed by atoms with Crippen LogP contribution in [0.15, 0.2) is 23.1 Å². The number of hydrogen-bond donors (Lipinski definition) is 1. The van der Waals surface area contributed by atoms with Gasteiger partial charge in [-0.05, 0) is 31.5 Å². The number of anilines is 1. The summed E-state index contributed by atoms with van der Waals surface area (Å²) in [5, 5.41) is 3.94. The van der Waals surface area contributed by atoms with Gasteiger partial charge in [0.15, 0.2) is 0 Å². The Morgan fingerprint density at radius 3 is 3.09 bits per heavy atom. The van der Waals surface area contributed by atoms with Crippen molar-refractivity contribution in [2.75, 3.05) is 5.32 Å². The van der Waals surface area contributed by atoms with Crippen LogP contribution in [0, 0.1) is 6.92 Å². The van der Waals surface area contributed by atoms with Crippen molar-refractivity contribution in [1.29, 1.82) is 0 Å². The first-order valence-electron chi connectivity index (χ1n) is 3.79. The molecule has 1 nitrogen and oxygen atoms in total. The minimum atomic E-state index is 0.534. The molecule has 0 saturated carbocycles. The zero-order valence-corrected chi connectivity index (χ0v) is 7.53. The fourth-order valence-corrected chi connectivity index (χ4v) is 2.26. The van der Waals surface area contributed by atoms with Gasteiger partial charge in [0.05, 0.1) is 5.37 Å². The van der Waals surface area contributed by atoms with E-state index < -0.39 is 0 Å². The highest BCUT2D eigenvalue weighted by molar-refractivity contribution is 8.00. The van der Waals surface area contributed by atoms with Gasteiger partial charge in [0.1, 0.15) is 0 Å². The predicted octanol–water partition coefficient (Wildman–Crippen LogP) is 2.86. The lowest BCUT2D eigenvalue weighted by Crippen LogP contribution is -2.02. The minimum absolute atomic E-state index is 0.534. The predicted molar refractivity (Wildman–Crippen MR) is 50.1 cm³/mol. The van der Waals surface area contributed by atoms with Crippen molar-refractivity contribution in [1.82, 2.24) is 0 Å². The van der Waals surface area contributed by atoms with Crippen LogP contribution < -0.4 is 5.32 Å². The van der Waals surface area contributed by atoms with E-state index in [9.17, 15) is 0 Å². The second kappa shape index (κ2) is 2.45. The summed E-state index contributed by atoms with van der Waals surface area (Å²) < 4.78 is 0. The van der Waals surface area contributed by atoms with Crippen molar-refractivity contribution in [2.24, 2.45) is 0 Å². The van der Waals surface area contributed by atoms with Gasteiger partial charge >= 0.3 is 0 Å². The molecule has 1 heterocycles. The number of hydrogen-bond acceptors (Lipinski definition) is 2. The average Bonchev–Trinajstić information content (AvgIpc) is 2.27. The van der Waals surface area contributed by atoms with Gasteiger partial charge in [-0.2, -0.15) is 0 Å². The van der Waals surface area contributed by atoms with E-state index in [1.54, 1.807) is 0 Å². The molecule has 1 aliphatic heterocycles. The molecule has 1 atom stereocenters. The van der Waals surface area contributed by atoms with Crippen molar-refractivity contribution in [3.05, 3.63) is 23.8 Å². The molecule has 1 unspecified atom stereocenters. The van der Waals surface area contributed by atoms with Gasteiger partial charge in [-0.1, -0.05) is 17.8 Å². The van der Waals surface area contributed by atoms with E-state index in [1.165, 1.54) is 16.1 Å². The van der Waals surface area contributed by atoms with Gasteiger partial charge in [0, 0.05) is 10.6 Å². The highest BCUT2D eigenvalue weighted by Crippen LogP contribution is 2.38. The van der Waals surface area contributed by atoms with Crippen LogP contribution in [-0.2, 0) is 0 Å². The van der Waals surface area contributed by atoms with Gasteiger partial charge in [-0.25, -0.2) is 0 Å². The Labute approximate surface area is 71.2 Å². The number of fused-ring (bicyclic) bond motifs is 1. The maximum Gasteiger partial charge on any atom is 0.0741 e. The Morgan fingerprint density at radius 2 is 2.27 bits per heavy atom. The van der Waals surface area contributed by atoms with Crippen LogP contribution >= 0.6 is 11.8 Å². The molecule has 11 heavy (non-hydrogen) atoms. The largest absolute Gasteiger partial charge is 0.372 e. The molecule has 1 aliphatic rings. The molecule has 0 bridgehead atoms. The van der Waals surface area contributed by atoms with E-state index in [2.05, 4.69) is 37.4 Å². The summed E-state index contributed by atoms with van der Waals surface area (Å²) >= 11 is 1.89. The first kappa shape index (κ1) is 7.04. The first-order chi connectivity index (χ1) is 5.25. The zero-order valence-electron chi connectivity index (χ0n) is 6.72. The molecule has 1 N–H and O–H groups in total. The standard InChI is InChI=1S/C9H11NS/c1-6-3-4-9-8(5-6)10-7(2)11-9/h3-5,7,10H,1-2H3. The van der Waals surface area contributed by atoms with Crippen molar-refractivity contribution in [2.45, 2.75) is 24.1 Å². The van der Waals surface area contributed by atoms with Crippen LogP contribution in [0.25, 0.3) is 0 Å². The molecule has 2 heteroatoms. The minimum Gasteiger partial charge on any atom is -0.372 e. The Kier molecular flexibility index (Phi) is 1.57. The van der Waals surface area contributed by atoms with Gasteiger partial charge in [0.2, 0.25) is 0 Å². The van der Waals surface area contributed by atoms with Gasteiger partial charge in [-0.3, -0.25) is 0 Å². The quantitative estimate of drug-likeness (QED) is 0.634. The van der Waals surface area contributed by atoms with Crippen molar-refractivity contribution < 1.29 is 0 Å². The van der Waals surface area contributed by atoms with E-state index in [4.69, 9.17) is 0 Å². The molecule has 0 radical (unpaired) electrons. The highest BCUT2D eigenvalue weighted by atomic mass is 32.2. The lowest BCUT2D eigenvalue weighted by atomic mass is 10.2. The second-order valence-electron chi connectivity index (χ2n) is 2.90. The maximum absolute atomic E-state index is 3.40. The first-order valence-corrected chi connectivity index (χ1v) is 4.67. The van der Waals surface area contributed by atoms with Crippen molar-refractivity contribution in [3.63, 3.8) is 0 Å². The van der Waals surface area contributed by atoms with Crippen LogP contribution in [0.4, 0.5) is 5.69 Å². The number of aryl methyl sites for hydroxylation is 1. The van der Waals surface area contributed by atoms with E-state index in [-0.39, 0.29) is 0 Å². The van der Waals surface area contributed by atoms with Gasteiger partial charge in [0.25, 0.3) is 0 Å². The summed E-state index contributed by atoms with van der Waals surface area (Å²) in [6.07, 6.45) is 0. The lowest BCUT2D eigenvalue weighted by Gasteiger charge is -2.00. The summed E-state index contributed by atoms with van der Waals surface area (Å²) in [7, 11) is 0. The molecular weight excluding hydrogens is 154 g/mol. The molecule has 0 amide bonds. The van der Waals surface area contributed by atoms with E-state index in [0.717, 1.165) is 0 Å². The fraction of sp³-hybridized carbons (Fsp3) is 0.333. The summed E-state index contributed by atoms with van der Waals surface area (Å²) in [5.41, 5.74) is 2.62. The topological polar surface area (TPSA) is 12.0 Å². The average molecular weight is 165 g/mol. The van der Waals surface area contributed by atoms with E-state index >= 15 is 0 Å². The third-order valence-corrected chi connectivity index (χ3v) is 2.88. The normalized spacial score (nSPS) is 21.1. The Balaban J connectivity index is 2.43. The number of benzene rings is 1.